The van der Waals surface area contributed by atoms with Crippen molar-refractivity contribution in [2.45, 2.75) is 19.9 Å². The maximum absolute atomic E-state index is 5.69. The van der Waals surface area contributed by atoms with Gasteiger partial charge in [-0.25, -0.2) is 0 Å². The van der Waals surface area contributed by atoms with Crippen LogP contribution < -0.4 is 0 Å². The normalized spacial score (nSPS) is 12.7. The molecule has 19 heavy (non-hydrogen) atoms. The van der Waals surface area contributed by atoms with Crippen LogP contribution >= 0.6 is 23.6 Å². The lowest BCUT2D eigenvalue weighted by Crippen LogP contribution is -2.07. The summed E-state index contributed by atoms with van der Waals surface area (Å²) >= 11 is 6.98. The summed E-state index contributed by atoms with van der Waals surface area (Å²) in [6, 6.07) is 7.99. The number of nitrogens with zero attached hydrogens (tertiary/aromatic N) is 2. The minimum Gasteiger partial charge on any atom is -0.464 e. The van der Waals surface area contributed by atoms with Crippen LogP contribution in [0, 0.1) is 11.7 Å². The molecule has 0 amide bonds. The van der Waals surface area contributed by atoms with Crippen molar-refractivity contribution >= 4 is 23.6 Å². The molecule has 0 fully saturated rings. The Morgan fingerprint density at radius 1 is 1.42 bits per heavy atom. The van der Waals surface area contributed by atoms with E-state index in [4.69, 9.17) is 16.6 Å². The van der Waals surface area contributed by atoms with E-state index in [9.17, 15) is 0 Å². The third-order valence-corrected chi connectivity index (χ3v) is 4.16. The number of furan rings is 1. The average molecular weight is 291 g/mol. The number of thiophene rings is 1. The molecule has 6 heteroatoms. The van der Waals surface area contributed by atoms with Gasteiger partial charge in [-0.15, -0.1) is 11.3 Å². The van der Waals surface area contributed by atoms with Gasteiger partial charge in [-0.1, -0.05) is 6.07 Å². The molecule has 3 aromatic heterocycles. The quantitative estimate of drug-likeness (QED) is 0.736. The summed E-state index contributed by atoms with van der Waals surface area (Å²) in [6.45, 7) is 3.99. The van der Waals surface area contributed by atoms with E-state index in [2.05, 4.69) is 17.1 Å². The monoisotopic (exact) mass is 291 g/mol. The molecule has 0 saturated heterocycles. The number of hydrogen-bond acceptors (Lipinski definition) is 4. The molecule has 0 saturated carbocycles. The molecule has 0 radical (unpaired) electrons. The van der Waals surface area contributed by atoms with Crippen LogP contribution in [0.4, 0.5) is 0 Å². The first-order valence-electron chi connectivity index (χ1n) is 5.94. The number of nitrogens with one attached hydrogen (secondary N) is 1. The summed E-state index contributed by atoms with van der Waals surface area (Å²) in [5.41, 5.74) is 0. The van der Waals surface area contributed by atoms with Gasteiger partial charge in [0.05, 0.1) is 10.9 Å². The lowest BCUT2D eigenvalue weighted by molar-refractivity contribution is 0.428. The zero-order valence-electron chi connectivity index (χ0n) is 10.6. The average Bonchev–Trinajstić information content (AvgIpc) is 3.07. The molecule has 0 aliphatic carbocycles. The molecule has 4 nitrogen and oxygen atoms in total. The Morgan fingerprint density at radius 2 is 2.26 bits per heavy atom. The molecule has 3 rings (SSSR count). The van der Waals surface area contributed by atoms with E-state index in [0.29, 0.717) is 4.77 Å². The van der Waals surface area contributed by atoms with Crippen LogP contribution in [-0.2, 0) is 0 Å². The second-order valence-corrected chi connectivity index (χ2v) is 5.66. The van der Waals surface area contributed by atoms with Crippen molar-refractivity contribution in [3.8, 4) is 10.7 Å². The maximum Gasteiger partial charge on any atom is 0.196 e. The van der Waals surface area contributed by atoms with Crippen LogP contribution in [0.2, 0.25) is 0 Å². The molecule has 0 aromatic carbocycles. The van der Waals surface area contributed by atoms with E-state index in [0.717, 1.165) is 22.2 Å². The fourth-order valence-corrected chi connectivity index (χ4v) is 3.05. The zero-order chi connectivity index (χ0) is 13.4. The fraction of sp³-hybridized carbons (Fsp3) is 0.231. The molecule has 0 aliphatic heterocycles. The standard InChI is InChI=1S/C13H13N3OS2/c1-8-5-6-10(17-8)9(2)16-12(14-15-13(16)18)11-4-3-7-19-11/h3-7,9H,1-2H3,(H,15,18). The predicted octanol–water partition coefficient (Wildman–Crippen LogP) is 4.18. The fourth-order valence-electron chi connectivity index (χ4n) is 2.05. The van der Waals surface area contributed by atoms with Gasteiger partial charge < -0.3 is 4.42 Å². The van der Waals surface area contributed by atoms with Crippen molar-refractivity contribution in [3.63, 3.8) is 0 Å². The summed E-state index contributed by atoms with van der Waals surface area (Å²) in [5.74, 6) is 2.63. The zero-order valence-corrected chi connectivity index (χ0v) is 12.2. The Balaban J connectivity index is 2.10. The molecule has 3 heterocycles. The SMILES string of the molecule is Cc1ccc(C(C)n2c(-c3cccs3)n[nH]c2=S)o1. The Bertz CT molecular complexity index is 736. The van der Waals surface area contributed by atoms with Crippen LogP contribution in [0.3, 0.4) is 0 Å². The van der Waals surface area contributed by atoms with Crippen molar-refractivity contribution in [2.75, 3.05) is 0 Å². The topological polar surface area (TPSA) is 46.8 Å². The van der Waals surface area contributed by atoms with Crippen molar-refractivity contribution in [1.29, 1.82) is 0 Å². The second kappa shape index (κ2) is 4.79. The number of aryl methyl sites for hydroxylation is 1. The highest BCUT2D eigenvalue weighted by Crippen LogP contribution is 2.28. The molecule has 1 atom stereocenters. The van der Waals surface area contributed by atoms with Crippen LogP contribution in [-0.4, -0.2) is 14.8 Å². The molecule has 1 N–H and O–H groups in total. The van der Waals surface area contributed by atoms with E-state index in [1.165, 1.54) is 0 Å². The van der Waals surface area contributed by atoms with Crippen molar-refractivity contribution < 1.29 is 4.42 Å². The summed E-state index contributed by atoms with van der Waals surface area (Å²) in [4.78, 5) is 1.09. The van der Waals surface area contributed by atoms with Gasteiger partial charge in [0.25, 0.3) is 0 Å². The number of rotatable bonds is 3. The molecule has 0 spiro atoms. The maximum atomic E-state index is 5.69. The molecule has 0 bridgehead atoms. The summed E-state index contributed by atoms with van der Waals surface area (Å²) < 4.78 is 8.28. The number of aromatic nitrogens is 3. The number of H-pyrrole nitrogens is 1. The molecule has 3 aromatic rings. The minimum absolute atomic E-state index is 0.0112. The lowest BCUT2D eigenvalue weighted by atomic mass is 10.2. The van der Waals surface area contributed by atoms with Crippen LogP contribution in [0.25, 0.3) is 10.7 Å². The van der Waals surface area contributed by atoms with Gasteiger partial charge >= 0.3 is 0 Å². The Labute approximate surface area is 119 Å². The van der Waals surface area contributed by atoms with Gasteiger partial charge in [0, 0.05) is 0 Å². The van der Waals surface area contributed by atoms with Gasteiger partial charge in [0.1, 0.15) is 11.5 Å². The smallest absolute Gasteiger partial charge is 0.196 e. The predicted molar refractivity (Wildman–Crippen MR) is 78.0 cm³/mol. The van der Waals surface area contributed by atoms with E-state index in [-0.39, 0.29) is 6.04 Å². The minimum atomic E-state index is 0.0112. The van der Waals surface area contributed by atoms with Gasteiger partial charge in [-0.2, -0.15) is 5.10 Å². The highest BCUT2D eigenvalue weighted by Gasteiger charge is 2.18. The van der Waals surface area contributed by atoms with Crippen LogP contribution in [0.5, 0.6) is 0 Å². The first kappa shape index (κ1) is 12.4. The Hall–Kier alpha value is -1.66. The van der Waals surface area contributed by atoms with Gasteiger partial charge in [0.2, 0.25) is 0 Å². The van der Waals surface area contributed by atoms with E-state index in [1.54, 1.807) is 11.3 Å². The molecule has 98 valence electrons. The van der Waals surface area contributed by atoms with Crippen molar-refractivity contribution in [2.24, 2.45) is 0 Å². The largest absolute Gasteiger partial charge is 0.464 e. The highest BCUT2D eigenvalue weighted by molar-refractivity contribution is 7.71. The first-order chi connectivity index (χ1) is 9.16. The van der Waals surface area contributed by atoms with Crippen LogP contribution in [0.1, 0.15) is 24.5 Å². The summed E-state index contributed by atoms with van der Waals surface area (Å²) in [6.07, 6.45) is 0. The highest BCUT2D eigenvalue weighted by atomic mass is 32.1. The van der Waals surface area contributed by atoms with E-state index < -0.39 is 0 Å². The summed E-state index contributed by atoms with van der Waals surface area (Å²) in [7, 11) is 0. The van der Waals surface area contributed by atoms with Crippen LogP contribution in [0.15, 0.2) is 34.1 Å². The second-order valence-electron chi connectivity index (χ2n) is 4.32. The molecular formula is C13H13N3OS2. The molecule has 0 aliphatic rings. The third kappa shape index (κ3) is 2.17. The Kier molecular flexibility index (Phi) is 3.12. The van der Waals surface area contributed by atoms with Gasteiger partial charge in [-0.3, -0.25) is 9.67 Å². The van der Waals surface area contributed by atoms with E-state index >= 15 is 0 Å². The number of hydrogen-bond donors (Lipinski definition) is 1. The van der Waals surface area contributed by atoms with Crippen molar-refractivity contribution in [1.82, 2.24) is 14.8 Å². The molecule has 1 unspecified atom stereocenters. The molecular weight excluding hydrogens is 278 g/mol. The first-order valence-corrected chi connectivity index (χ1v) is 7.22. The Morgan fingerprint density at radius 3 is 2.89 bits per heavy atom. The van der Waals surface area contributed by atoms with Gasteiger partial charge in [-0.05, 0) is 49.6 Å². The van der Waals surface area contributed by atoms with Crippen molar-refractivity contribution in [3.05, 3.63) is 45.9 Å². The third-order valence-electron chi connectivity index (χ3n) is 3.01. The number of aromatic amines is 1. The lowest BCUT2D eigenvalue weighted by Gasteiger charge is -2.12. The summed E-state index contributed by atoms with van der Waals surface area (Å²) in [5, 5.41) is 9.22. The van der Waals surface area contributed by atoms with Gasteiger partial charge in [0.15, 0.2) is 10.6 Å². The van der Waals surface area contributed by atoms with E-state index in [1.807, 2.05) is 41.1 Å².